The monoisotopic (exact) mass is 191 g/mol. The topological polar surface area (TPSA) is 20.3 Å². The summed E-state index contributed by atoms with van der Waals surface area (Å²) in [6.45, 7) is 0.666. The summed E-state index contributed by atoms with van der Waals surface area (Å²) in [6.07, 6.45) is 2.20. The maximum atomic E-state index is 12.9. The molecule has 0 N–H and O–H groups in total. The van der Waals surface area contributed by atoms with Gasteiger partial charge in [-0.1, -0.05) is 6.07 Å². The van der Waals surface area contributed by atoms with Crippen molar-refractivity contribution in [1.82, 2.24) is 4.90 Å². The maximum absolute atomic E-state index is 12.9. The van der Waals surface area contributed by atoms with Crippen LogP contribution in [0.5, 0.6) is 0 Å². The van der Waals surface area contributed by atoms with Crippen LogP contribution in [-0.4, -0.2) is 16.8 Å². The SMILES string of the molecule is O=C1c2cc(F)ccc2CN1C1CC1. The Kier molecular flexibility index (Phi) is 1.46. The molecule has 1 aliphatic carbocycles. The molecule has 0 aromatic heterocycles. The molecule has 1 aromatic carbocycles. The van der Waals surface area contributed by atoms with E-state index >= 15 is 0 Å². The van der Waals surface area contributed by atoms with Crippen molar-refractivity contribution in [2.24, 2.45) is 0 Å². The highest BCUT2D eigenvalue weighted by atomic mass is 19.1. The molecule has 3 rings (SSSR count). The highest BCUT2D eigenvalue weighted by molar-refractivity contribution is 5.98. The lowest BCUT2D eigenvalue weighted by Crippen LogP contribution is -2.25. The van der Waals surface area contributed by atoms with E-state index in [1.165, 1.54) is 12.1 Å². The number of fused-ring (bicyclic) bond motifs is 1. The Bertz CT molecular complexity index is 412. The molecule has 0 saturated heterocycles. The predicted octanol–water partition coefficient (Wildman–Crippen LogP) is 1.94. The van der Waals surface area contributed by atoms with Crippen LogP contribution in [0.1, 0.15) is 28.8 Å². The van der Waals surface area contributed by atoms with Gasteiger partial charge in [-0.15, -0.1) is 0 Å². The fourth-order valence-corrected chi connectivity index (χ4v) is 1.98. The van der Waals surface area contributed by atoms with Gasteiger partial charge in [0.25, 0.3) is 5.91 Å². The number of hydrogen-bond donors (Lipinski definition) is 0. The second-order valence-electron chi connectivity index (χ2n) is 3.97. The minimum absolute atomic E-state index is 0.00185. The van der Waals surface area contributed by atoms with Crippen LogP contribution in [0.15, 0.2) is 18.2 Å². The van der Waals surface area contributed by atoms with Crippen LogP contribution >= 0.6 is 0 Å². The Balaban J connectivity index is 2.01. The van der Waals surface area contributed by atoms with E-state index in [1.54, 1.807) is 6.07 Å². The first-order valence-corrected chi connectivity index (χ1v) is 4.85. The summed E-state index contributed by atoms with van der Waals surface area (Å²) in [5.41, 5.74) is 1.51. The molecule has 1 aliphatic heterocycles. The molecule has 2 nitrogen and oxygen atoms in total. The lowest BCUT2D eigenvalue weighted by Gasteiger charge is -2.13. The smallest absolute Gasteiger partial charge is 0.254 e. The van der Waals surface area contributed by atoms with Crippen molar-refractivity contribution in [3.8, 4) is 0 Å². The lowest BCUT2D eigenvalue weighted by molar-refractivity contribution is 0.0766. The van der Waals surface area contributed by atoms with Gasteiger partial charge >= 0.3 is 0 Å². The zero-order valence-corrected chi connectivity index (χ0v) is 7.66. The molecule has 0 atom stereocenters. The standard InChI is InChI=1S/C11H10FNO/c12-8-2-1-7-6-13(9-3-4-9)11(14)10(7)5-8/h1-2,5,9H,3-4,6H2. The summed E-state index contributed by atoms with van der Waals surface area (Å²) < 4.78 is 12.9. The van der Waals surface area contributed by atoms with Crippen molar-refractivity contribution in [2.75, 3.05) is 0 Å². The quantitative estimate of drug-likeness (QED) is 0.664. The van der Waals surface area contributed by atoms with Gasteiger partial charge in [0.05, 0.1) is 0 Å². The molecular weight excluding hydrogens is 181 g/mol. The van der Waals surface area contributed by atoms with E-state index in [0.29, 0.717) is 18.2 Å². The van der Waals surface area contributed by atoms with E-state index in [1.807, 2.05) is 4.90 Å². The molecule has 1 saturated carbocycles. The molecule has 1 heterocycles. The van der Waals surface area contributed by atoms with Crippen LogP contribution in [0.4, 0.5) is 4.39 Å². The number of benzene rings is 1. The number of amides is 1. The molecule has 14 heavy (non-hydrogen) atoms. The molecule has 1 amide bonds. The van der Waals surface area contributed by atoms with Gasteiger partial charge in [0, 0.05) is 18.2 Å². The zero-order valence-electron chi connectivity index (χ0n) is 7.66. The first-order chi connectivity index (χ1) is 6.75. The minimum Gasteiger partial charge on any atom is -0.331 e. The normalized spacial score (nSPS) is 20.1. The average Bonchev–Trinajstić information content (AvgIpc) is 2.95. The van der Waals surface area contributed by atoms with Crippen LogP contribution in [0.25, 0.3) is 0 Å². The molecule has 3 heteroatoms. The summed E-state index contributed by atoms with van der Waals surface area (Å²) >= 11 is 0. The average molecular weight is 191 g/mol. The molecule has 0 bridgehead atoms. The van der Waals surface area contributed by atoms with E-state index in [4.69, 9.17) is 0 Å². The molecular formula is C11H10FNO. The Labute approximate surface area is 81.3 Å². The van der Waals surface area contributed by atoms with Crippen molar-refractivity contribution >= 4 is 5.91 Å². The van der Waals surface area contributed by atoms with Gasteiger partial charge in [-0.05, 0) is 30.5 Å². The summed E-state index contributed by atoms with van der Waals surface area (Å²) in [5, 5.41) is 0. The van der Waals surface area contributed by atoms with Gasteiger partial charge in [-0.3, -0.25) is 4.79 Å². The first-order valence-electron chi connectivity index (χ1n) is 4.85. The zero-order chi connectivity index (χ0) is 9.71. The van der Waals surface area contributed by atoms with E-state index < -0.39 is 0 Å². The molecule has 72 valence electrons. The largest absolute Gasteiger partial charge is 0.331 e. The number of rotatable bonds is 1. The third-order valence-corrected chi connectivity index (χ3v) is 2.89. The second kappa shape index (κ2) is 2.56. The van der Waals surface area contributed by atoms with Gasteiger partial charge in [0.1, 0.15) is 5.82 Å². The van der Waals surface area contributed by atoms with Gasteiger partial charge in [-0.2, -0.15) is 0 Å². The van der Waals surface area contributed by atoms with E-state index in [0.717, 1.165) is 18.4 Å². The van der Waals surface area contributed by atoms with Gasteiger partial charge in [-0.25, -0.2) is 4.39 Å². The molecule has 0 radical (unpaired) electrons. The second-order valence-corrected chi connectivity index (χ2v) is 3.97. The lowest BCUT2D eigenvalue weighted by atomic mass is 10.1. The Hall–Kier alpha value is -1.38. The van der Waals surface area contributed by atoms with Crippen molar-refractivity contribution in [3.63, 3.8) is 0 Å². The summed E-state index contributed by atoms with van der Waals surface area (Å²) in [7, 11) is 0. The first kappa shape index (κ1) is 7.97. The third-order valence-electron chi connectivity index (χ3n) is 2.89. The van der Waals surface area contributed by atoms with Crippen LogP contribution in [-0.2, 0) is 6.54 Å². The summed E-state index contributed by atoms with van der Waals surface area (Å²) in [6, 6.07) is 4.89. The number of nitrogens with zero attached hydrogens (tertiary/aromatic N) is 1. The van der Waals surface area contributed by atoms with E-state index in [-0.39, 0.29) is 11.7 Å². The van der Waals surface area contributed by atoms with E-state index in [9.17, 15) is 9.18 Å². The Morgan fingerprint density at radius 1 is 1.36 bits per heavy atom. The van der Waals surface area contributed by atoms with Crippen molar-refractivity contribution in [3.05, 3.63) is 35.1 Å². The number of carbonyl (C=O) groups is 1. The van der Waals surface area contributed by atoms with E-state index in [2.05, 4.69) is 0 Å². The molecule has 1 fully saturated rings. The molecule has 0 unspecified atom stereocenters. The number of hydrogen-bond acceptors (Lipinski definition) is 1. The van der Waals surface area contributed by atoms with Crippen LogP contribution in [0.3, 0.4) is 0 Å². The maximum Gasteiger partial charge on any atom is 0.254 e. The fourth-order valence-electron chi connectivity index (χ4n) is 1.98. The van der Waals surface area contributed by atoms with Crippen LogP contribution < -0.4 is 0 Å². The minimum atomic E-state index is -0.324. The van der Waals surface area contributed by atoms with Crippen molar-refractivity contribution in [1.29, 1.82) is 0 Å². The summed E-state index contributed by atoms with van der Waals surface area (Å²) in [5.74, 6) is -0.322. The Morgan fingerprint density at radius 3 is 2.86 bits per heavy atom. The highest BCUT2D eigenvalue weighted by Crippen LogP contribution is 2.34. The number of halogens is 1. The predicted molar refractivity (Wildman–Crippen MR) is 49.3 cm³/mol. The van der Waals surface area contributed by atoms with Crippen LogP contribution in [0, 0.1) is 5.82 Å². The van der Waals surface area contributed by atoms with Crippen LogP contribution in [0.2, 0.25) is 0 Å². The number of carbonyl (C=O) groups excluding carboxylic acids is 1. The fraction of sp³-hybridized carbons (Fsp3) is 0.364. The van der Waals surface area contributed by atoms with Gasteiger partial charge < -0.3 is 4.90 Å². The van der Waals surface area contributed by atoms with Gasteiger partial charge in [0.2, 0.25) is 0 Å². The molecule has 2 aliphatic rings. The van der Waals surface area contributed by atoms with Gasteiger partial charge in [0.15, 0.2) is 0 Å². The summed E-state index contributed by atoms with van der Waals surface area (Å²) in [4.78, 5) is 13.6. The van der Waals surface area contributed by atoms with Crippen molar-refractivity contribution < 1.29 is 9.18 Å². The highest BCUT2D eigenvalue weighted by Gasteiger charge is 2.38. The molecule has 0 spiro atoms. The molecule has 1 aromatic rings. The van der Waals surface area contributed by atoms with Crippen molar-refractivity contribution in [2.45, 2.75) is 25.4 Å². The third kappa shape index (κ3) is 1.05. The Morgan fingerprint density at radius 2 is 2.14 bits per heavy atom.